The number of amides is 1. The van der Waals surface area contributed by atoms with Crippen LogP contribution in [0.1, 0.15) is 28.9 Å². The molecule has 0 aliphatic rings. The van der Waals surface area contributed by atoms with Gasteiger partial charge in [0.05, 0.1) is 0 Å². The number of benzene rings is 1. The van der Waals surface area contributed by atoms with Gasteiger partial charge in [-0.25, -0.2) is 0 Å². The summed E-state index contributed by atoms with van der Waals surface area (Å²) >= 11 is 2.23. The van der Waals surface area contributed by atoms with Gasteiger partial charge in [-0.15, -0.1) is 0 Å². The SMILES string of the molecule is CC(c1cc(I)ccc1C(N)=O)N(C)C. The molecule has 15 heavy (non-hydrogen) atoms. The van der Waals surface area contributed by atoms with E-state index >= 15 is 0 Å². The van der Waals surface area contributed by atoms with Crippen molar-refractivity contribution < 1.29 is 4.79 Å². The molecule has 0 radical (unpaired) electrons. The van der Waals surface area contributed by atoms with Crippen molar-refractivity contribution in [3.63, 3.8) is 0 Å². The molecule has 4 heteroatoms. The Hall–Kier alpha value is -0.620. The van der Waals surface area contributed by atoms with E-state index in [1.54, 1.807) is 6.07 Å². The largest absolute Gasteiger partial charge is 0.366 e. The Bertz CT molecular complexity index is 377. The average Bonchev–Trinajstić information content (AvgIpc) is 2.15. The highest BCUT2D eigenvalue weighted by Gasteiger charge is 2.15. The molecule has 0 aliphatic heterocycles. The molecule has 0 bridgehead atoms. The van der Waals surface area contributed by atoms with Crippen molar-refractivity contribution in [1.29, 1.82) is 0 Å². The van der Waals surface area contributed by atoms with Crippen molar-refractivity contribution in [3.05, 3.63) is 32.9 Å². The quantitative estimate of drug-likeness (QED) is 0.867. The number of carbonyl (C=O) groups excluding carboxylic acids is 1. The van der Waals surface area contributed by atoms with Crippen molar-refractivity contribution in [2.75, 3.05) is 14.1 Å². The van der Waals surface area contributed by atoms with Crippen LogP contribution in [-0.2, 0) is 0 Å². The molecule has 1 rings (SSSR count). The summed E-state index contributed by atoms with van der Waals surface area (Å²) in [6, 6.07) is 5.87. The average molecular weight is 318 g/mol. The summed E-state index contributed by atoms with van der Waals surface area (Å²) in [6.07, 6.45) is 0. The van der Waals surface area contributed by atoms with Crippen molar-refractivity contribution >= 4 is 28.5 Å². The van der Waals surface area contributed by atoms with Crippen LogP contribution < -0.4 is 5.73 Å². The van der Waals surface area contributed by atoms with Gasteiger partial charge in [-0.2, -0.15) is 0 Å². The van der Waals surface area contributed by atoms with Crippen molar-refractivity contribution in [2.45, 2.75) is 13.0 Å². The fourth-order valence-electron chi connectivity index (χ4n) is 1.38. The first-order valence-electron chi connectivity index (χ1n) is 4.69. The fraction of sp³-hybridized carbons (Fsp3) is 0.364. The summed E-state index contributed by atoms with van der Waals surface area (Å²) in [5.74, 6) is -0.366. The Morgan fingerprint density at radius 3 is 2.53 bits per heavy atom. The topological polar surface area (TPSA) is 46.3 Å². The van der Waals surface area contributed by atoms with E-state index in [1.165, 1.54) is 0 Å². The Morgan fingerprint density at radius 2 is 2.07 bits per heavy atom. The van der Waals surface area contributed by atoms with E-state index in [4.69, 9.17) is 5.73 Å². The van der Waals surface area contributed by atoms with Gasteiger partial charge in [0.1, 0.15) is 0 Å². The maximum Gasteiger partial charge on any atom is 0.249 e. The van der Waals surface area contributed by atoms with Crippen LogP contribution in [0.15, 0.2) is 18.2 Å². The molecular weight excluding hydrogens is 303 g/mol. The van der Waals surface area contributed by atoms with Crippen LogP contribution in [0, 0.1) is 3.57 Å². The molecule has 1 aromatic rings. The summed E-state index contributed by atoms with van der Waals surface area (Å²) in [6.45, 7) is 2.05. The smallest absolute Gasteiger partial charge is 0.249 e. The molecule has 1 unspecified atom stereocenters. The zero-order valence-corrected chi connectivity index (χ0v) is 11.3. The normalized spacial score (nSPS) is 12.9. The molecule has 1 atom stereocenters. The van der Waals surface area contributed by atoms with E-state index < -0.39 is 0 Å². The highest BCUT2D eigenvalue weighted by Crippen LogP contribution is 2.23. The first-order chi connectivity index (χ1) is 6.93. The Labute approximate surface area is 104 Å². The second-order valence-corrected chi connectivity index (χ2v) is 4.98. The molecule has 0 fully saturated rings. The number of nitrogens with two attached hydrogens (primary N) is 1. The third kappa shape index (κ3) is 2.92. The second-order valence-electron chi connectivity index (χ2n) is 3.74. The zero-order chi connectivity index (χ0) is 11.6. The molecule has 1 aromatic carbocycles. The van der Waals surface area contributed by atoms with Gasteiger partial charge in [0.2, 0.25) is 5.91 Å². The number of nitrogens with zero attached hydrogens (tertiary/aromatic N) is 1. The number of hydrogen-bond donors (Lipinski definition) is 1. The highest BCUT2D eigenvalue weighted by molar-refractivity contribution is 14.1. The number of carbonyl (C=O) groups is 1. The van der Waals surface area contributed by atoms with Crippen molar-refractivity contribution in [2.24, 2.45) is 5.73 Å². The van der Waals surface area contributed by atoms with Crippen LogP contribution >= 0.6 is 22.6 Å². The van der Waals surface area contributed by atoms with E-state index in [2.05, 4.69) is 34.4 Å². The summed E-state index contributed by atoms with van der Waals surface area (Å²) in [5.41, 5.74) is 6.94. The fourth-order valence-corrected chi connectivity index (χ4v) is 1.90. The second kappa shape index (κ2) is 4.94. The minimum absolute atomic E-state index is 0.183. The number of rotatable bonds is 3. The van der Waals surface area contributed by atoms with Gasteiger partial charge in [-0.3, -0.25) is 4.79 Å². The van der Waals surface area contributed by atoms with Gasteiger partial charge in [-0.05, 0) is 67.4 Å². The van der Waals surface area contributed by atoms with E-state index in [-0.39, 0.29) is 11.9 Å². The van der Waals surface area contributed by atoms with Crippen LogP contribution in [0.3, 0.4) is 0 Å². The maximum absolute atomic E-state index is 11.3. The molecule has 0 aromatic heterocycles. The molecule has 0 aliphatic carbocycles. The number of hydrogen-bond acceptors (Lipinski definition) is 2. The van der Waals surface area contributed by atoms with Crippen LogP contribution in [0.4, 0.5) is 0 Å². The first kappa shape index (κ1) is 12.4. The van der Waals surface area contributed by atoms with Gasteiger partial charge in [0, 0.05) is 15.2 Å². The van der Waals surface area contributed by atoms with E-state index in [1.807, 2.05) is 26.2 Å². The van der Waals surface area contributed by atoms with Crippen LogP contribution in [0.2, 0.25) is 0 Å². The molecular formula is C11H15IN2O. The predicted molar refractivity (Wildman–Crippen MR) is 69.8 cm³/mol. The van der Waals surface area contributed by atoms with E-state index in [0.29, 0.717) is 5.56 Å². The van der Waals surface area contributed by atoms with Gasteiger partial charge >= 0.3 is 0 Å². The standard InChI is InChI=1S/C11H15IN2O/c1-7(14(2)3)10-6-8(12)4-5-9(10)11(13)15/h4-7H,1-3H3,(H2,13,15). The Balaban J connectivity index is 3.24. The van der Waals surface area contributed by atoms with E-state index in [9.17, 15) is 4.79 Å². The van der Waals surface area contributed by atoms with Gasteiger partial charge in [0.15, 0.2) is 0 Å². The monoisotopic (exact) mass is 318 g/mol. The van der Waals surface area contributed by atoms with Crippen LogP contribution in [-0.4, -0.2) is 24.9 Å². The van der Waals surface area contributed by atoms with Crippen molar-refractivity contribution in [1.82, 2.24) is 4.90 Å². The summed E-state index contributed by atoms with van der Waals surface area (Å²) in [5, 5.41) is 0. The number of halogens is 1. The molecule has 0 spiro atoms. The minimum atomic E-state index is -0.366. The van der Waals surface area contributed by atoms with E-state index in [0.717, 1.165) is 9.13 Å². The predicted octanol–water partition coefficient (Wildman–Crippen LogP) is 2.01. The highest BCUT2D eigenvalue weighted by atomic mass is 127. The summed E-state index contributed by atoms with van der Waals surface area (Å²) < 4.78 is 1.11. The first-order valence-corrected chi connectivity index (χ1v) is 5.77. The summed E-state index contributed by atoms with van der Waals surface area (Å²) in [4.78, 5) is 13.3. The maximum atomic E-state index is 11.3. The third-order valence-corrected chi connectivity index (χ3v) is 3.17. The molecule has 0 saturated heterocycles. The molecule has 2 N–H and O–H groups in total. The molecule has 3 nitrogen and oxygen atoms in total. The lowest BCUT2D eigenvalue weighted by atomic mass is 10.0. The number of primary amides is 1. The van der Waals surface area contributed by atoms with Gasteiger partial charge < -0.3 is 10.6 Å². The van der Waals surface area contributed by atoms with Crippen molar-refractivity contribution in [3.8, 4) is 0 Å². The lowest BCUT2D eigenvalue weighted by Gasteiger charge is -2.22. The zero-order valence-electron chi connectivity index (χ0n) is 9.12. The molecule has 0 saturated carbocycles. The van der Waals surface area contributed by atoms with Crippen LogP contribution in [0.25, 0.3) is 0 Å². The Kier molecular flexibility index (Phi) is 4.10. The summed E-state index contributed by atoms with van der Waals surface area (Å²) in [7, 11) is 3.96. The third-order valence-electron chi connectivity index (χ3n) is 2.50. The Morgan fingerprint density at radius 1 is 1.47 bits per heavy atom. The van der Waals surface area contributed by atoms with Crippen LogP contribution in [0.5, 0.6) is 0 Å². The van der Waals surface area contributed by atoms with Gasteiger partial charge in [-0.1, -0.05) is 0 Å². The van der Waals surface area contributed by atoms with Gasteiger partial charge in [0.25, 0.3) is 0 Å². The molecule has 1 amide bonds. The molecule has 82 valence electrons. The lowest BCUT2D eigenvalue weighted by molar-refractivity contribution is 0.0998. The molecule has 0 heterocycles. The minimum Gasteiger partial charge on any atom is -0.366 e. The lowest BCUT2D eigenvalue weighted by Crippen LogP contribution is -2.22.